The van der Waals surface area contributed by atoms with Gasteiger partial charge in [-0.1, -0.05) is 73.7 Å². The highest BCUT2D eigenvalue weighted by atomic mass is 32.1. The van der Waals surface area contributed by atoms with Gasteiger partial charge in [0, 0.05) is 11.5 Å². The zero-order valence-corrected chi connectivity index (χ0v) is 14.9. The molecule has 0 aliphatic rings. The van der Waals surface area contributed by atoms with Crippen molar-refractivity contribution in [1.82, 2.24) is 10.2 Å². The van der Waals surface area contributed by atoms with E-state index in [0.717, 1.165) is 10.6 Å². The van der Waals surface area contributed by atoms with E-state index in [2.05, 4.69) is 15.5 Å². The summed E-state index contributed by atoms with van der Waals surface area (Å²) in [4.78, 5) is 12.8. The van der Waals surface area contributed by atoms with Gasteiger partial charge in [0.05, 0.1) is 0 Å². The highest BCUT2D eigenvalue weighted by Crippen LogP contribution is 2.26. The van der Waals surface area contributed by atoms with Gasteiger partial charge in [-0.25, -0.2) is 0 Å². The maximum atomic E-state index is 12.8. The molecule has 0 radical (unpaired) electrons. The molecule has 0 aliphatic carbocycles. The second-order valence-electron chi connectivity index (χ2n) is 5.81. The molecule has 3 rings (SSSR count). The Bertz CT molecular complexity index is 819. The Morgan fingerprint density at radius 1 is 1.00 bits per heavy atom. The summed E-state index contributed by atoms with van der Waals surface area (Å²) in [6.07, 6.45) is -0.769. The van der Waals surface area contributed by atoms with Crippen molar-refractivity contribution in [3.8, 4) is 5.75 Å². The van der Waals surface area contributed by atoms with E-state index in [1.165, 1.54) is 11.3 Å². The van der Waals surface area contributed by atoms with Crippen LogP contribution < -0.4 is 10.1 Å². The van der Waals surface area contributed by atoms with E-state index in [-0.39, 0.29) is 11.8 Å². The number of aromatic nitrogens is 2. The van der Waals surface area contributed by atoms with Crippen molar-refractivity contribution in [3.05, 3.63) is 71.2 Å². The number of benzene rings is 2. The van der Waals surface area contributed by atoms with Gasteiger partial charge in [-0.3, -0.25) is 10.1 Å². The lowest BCUT2D eigenvalue weighted by molar-refractivity contribution is -0.123. The molecule has 0 saturated carbocycles. The van der Waals surface area contributed by atoms with Crippen molar-refractivity contribution in [3.63, 3.8) is 0 Å². The highest BCUT2D eigenvalue weighted by molar-refractivity contribution is 7.15. The van der Waals surface area contributed by atoms with E-state index in [4.69, 9.17) is 4.74 Å². The number of hydrogen-bond acceptors (Lipinski definition) is 5. The molecule has 0 bridgehead atoms. The molecule has 0 fully saturated rings. The summed E-state index contributed by atoms with van der Waals surface area (Å²) >= 11 is 1.38. The summed E-state index contributed by atoms with van der Waals surface area (Å²) in [6.45, 7) is 4.08. The van der Waals surface area contributed by atoms with Gasteiger partial charge in [-0.05, 0) is 12.1 Å². The van der Waals surface area contributed by atoms with Gasteiger partial charge in [0.2, 0.25) is 11.2 Å². The number of ether oxygens (including phenoxy) is 1. The maximum Gasteiger partial charge on any atom is 0.272 e. The van der Waals surface area contributed by atoms with Crippen molar-refractivity contribution in [2.75, 3.05) is 5.32 Å². The van der Waals surface area contributed by atoms with Gasteiger partial charge in [-0.15, -0.1) is 10.2 Å². The van der Waals surface area contributed by atoms with E-state index in [0.29, 0.717) is 10.9 Å². The standard InChI is InChI=1S/C19H19N3O2S/c1-13(2)18-21-22-19(25-18)20-17(23)16(14-9-5-3-6-10-14)24-15-11-7-4-8-12-15/h3-13,16H,1-2H3,(H,20,22,23). The summed E-state index contributed by atoms with van der Waals surface area (Å²) in [6, 6.07) is 18.7. The third-order valence-corrected chi connectivity index (χ3v) is 4.64. The van der Waals surface area contributed by atoms with Crippen LogP contribution in [0.25, 0.3) is 0 Å². The fourth-order valence-corrected chi connectivity index (χ4v) is 2.97. The van der Waals surface area contributed by atoms with E-state index >= 15 is 0 Å². The molecule has 1 N–H and O–H groups in total. The van der Waals surface area contributed by atoms with Crippen LogP contribution in [0.2, 0.25) is 0 Å². The van der Waals surface area contributed by atoms with Gasteiger partial charge >= 0.3 is 0 Å². The Balaban J connectivity index is 1.81. The Labute approximate surface area is 150 Å². The predicted octanol–water partition coefficient (Wildman–Crippen LogP) is 4.42. The number of nitrogens with zero attached hydrogens (tertiary/aromatic N) is 2. The molecule has 1 aromatic heterocycles. The molecule has 128 valence electrons. The molecule has 0 aliphatic heterocycles. The number of amides is 1. The van der Waals surface area contributed by atoms with Crippen molar-refractivity contribution in [2.45, 2.75) is 25.9 Å². The number of nitrogens with one attached hydrogen (secondary N) is 1. The SMILES string of the molecule is CC(C)c1nnc(NC(=O)C(Oc2ccccc2)c2ccccc2)s1. The van der Waals surface area contributed by atoms with Crippen LogP contribution in [0.15, 0.2) is 60.7 Å². The minimum absolute atomic E-state index is 0.272. The van der Waals surface area contributed by atoms with Crippen LogP contribution >= 0.6 is 11.3 Å². The summed E-state index contributed by atoms with van der Waals surface area (Å²) < 4.78 is 5.93. The van der Waals surface area contributed by atoms with Crippen molar-refractivity contribution in [1.29, 1.82) is 0 Å². The first-order valence-corrected chi connectivity index (χ1v) is 8.86. The van der Waals surface area contributed by atoms with Crippen LogP contribution in [0.1, 0.15) is 36.4 Å². The van der Waals surface area contributed by atoms with Gasteiger partial charge in [0.1, 0.15) is 10.8 Å². The monoisotopic (exact) mass is 353 g/mol. The lowest BCUT2D eigenvalue weighted by Gasteiger charge is -2.18. The van der Waals surface area contributed by atoms with Gasteiger partial charge in [0.25, 0.3) is 5.91 Å². The van der Waals surface area contributed by atoms with E-state index in [9.17, 15) is 4.79 Å². The molecule has 5 nitrogen and oxygen atoms in total. The minimum atomic E-state index is -0.769. The quantitative estimate of drug-likeness (QED) is 0.712. The summed E-state index contributed by atoms with van der Waals surface area (Å²) in [5.74, 6) is 0.627. The third kappa shape index (κ3) is 4.42. The fraction of sp³-hybridized carbons (Fsp3) is 0.211. The molecular weight excluding hydrogens is 334 g/mol. The zero-order valence-electron chi connectivity index (χ0n) is 14.0. The van der Waals surface area contributed by atoms with Crippen LogP contribution in [0.4, 0.5) is 5.13 Å². The summed E-state index contributed by atoms with van der Waals surface area (Å²) in [5.41, 5.74) is 0.775. The molecule has 1 atom stereocenters. The number of anilines is 1. The molecule has 1 amide bonds. The third-order valence-electron chi connectivity index (χ3n) is 3.50. The Kier molecular flexibility index (Phi) is 5.40. The molecular formula is C19H19N3O2S. The van der Waals surface area contributed by atoms with Crippen molar-refractivity contribution < 1.29 is 9.53 Å². The van der Waals surface area contributed by atoms with Gasteiger partial charge < -0.3 is 4.74 Å². The van der Waals surface area contributed by atoms with Crippen LogP contribution in [0.5, 0.6) is 5.75 Å². The second-order valence-corrected chi connectivity index (χ2v) is 6.82. The number of rotatable bonds is 6. The first-order chi connectivity index (χ1) is 12.1. The topological polar surface area (TPSA) is 64.1 Å². The van der Waals surface area contributed by atoms with Crippen molar-refractivity contribution >= 4 is 22.4 Å². The Morgan fingerprint density at radius 3 is 2.24 bits per heavy atom. The molecule has 25 heavy (non-hydrogen) atoms. The van der Waals surface area contributed by atoms with Crippen molar-refractivity contribution in [2.24, 2.45) is 0 Å². The Morgan fingerprint density at radius 2 is 1.64 bits per heavy atom. The molecule has 1 heterocycles. The summed E-state index contributed by atoms with van der Waals surface area (Å²) in [7, 11) is 0. The maximum absolute atomic E-state index is 12.8. The molecule has 6 heteroatoms. The number of carbonyl (C=O) groups excluding carboxylic acids is 1. The highest BCUT2D eigenvalue weighted by Gasteiger charge is 2.24. The second kappa shape index (κ2) is 7.90. The van der Waals surface area contributed by atoms with E-state index < -0.39 is 6.10 Å². The summed E-state index contributed by atoms with van der Waals surface area (Å²) in [5, 5.41) is 12.3. The van der Waals surface area contributed by atoms with Crippen LogP contribution in [0, 0.1) is 0 Å². The van der Waals surface area contributed by atoms with Crippen LogP contribution in [-0.2, 0) is 4.79 Å². The Hall–Kier alpha value is -2.73. The van der Waals surface area contributed by atoms with Gasteiger partial charge in [-0.2, -0.15) is 0 Å². The molecule has 0 saturated heterocycles. The molecule has 3 aromatic rings. The minimum Gasteiger partial charge on any atom is -0.476 e. The number of hydrogen-bond donors (Lipinski definition) is 1. The first-order valence-electron chi connectivity index (χ1n) is 8.04. The molecule has 2 aromatic carbocycles. The van der Waals surface area contributed by atoms with E-state index in [1.54, 1.807) is 0 Å². The largest absolute Gasteiger partial charge is 0.476 e. The van der Waals surface area contributed by atoms with Crippen LogP contribution in [-0.4, -0.2) is 16.1 Å². The molecule has 1 unspecified atom stereocenters. The normalized spacial score (nSPS) is 12.0. The van der Waals surface area contributed by atoms with Gasteiger partial charge in [0.15, 0.2) is 0 Å². The lowest BCUT2D eigenvalue weighted by atomic mass is 10.1. The number of para-hydroxylation sites is 1. The predicted molar refractivity (Wildman–Crippen MR) is 98.9 cm³/mol. The first kappa shape index (κ1) is 17.1. The smallest absolute Gasteiger partial charge is 0.272 e. The number of carbonyl (C=O) groups is 1. The fourth-order valence-electron chi connectivity index (χ4n) is 2.23. The zero-order chi connectivity index (χ0) is 17.6. The van der Waals surface area contributed by atoms with Crippen LogP contribution in [0.3, 0.4) is 0 Å². The van der Waals surface area contributed by atoms with E-state index in [1.807, 2.05) is 74.5 Å². The average molecular weight is 353 g/mol. The lowest BCUT2D eigenvalue weighted by Crippen LogP contribution is -2.25. The molecule has 0 spiro atoms. The average Bonchev–Trinajstić information content (AvgIpc) is 3.10.